The highest BCUT2D eigenvalue weighted by Gasteiger charge is 2.31. The van der Waals surface area contributed by atoms with Gasteiger partial charge in [-0.15, -0.1) is 12.4 Å². The van der Waals surface area contributed by atoms with Gasteiger partial charge in [0.25, 0.3) is 0 Å². The third-order valence-corrected chi connectivity index (χ3v) is 6.05. The molecular weight excluding hydrogens is 402 g/mol. The summed E-state index contributed by atoms with van der Waals surface area (Å²) in [6.07, 6.45) is 6.52. The molecule has 0 amide bonds. The van der Waals surface area contributed by atoms with Crippen molar-refractivity contribution in [3.8, 4) is 11.5 Å². The van der Waals surface area contributed by atoms with Crippen LogP contribution in [0.5, 0.6) is 11.5 Å². The Bertz CT molecular complexity index is 680. The van der Waals surface area contributed by atoms with E-state index in [1.807, 2.05) is 24.3 Å². The van der Waals surface area contributed by atoms with Gasteiger partial charge in [-0.3, -0.25) is 4.90 Å². The SMILES string of the molecule is Cl.OC[C@H](O)CN1[C@@H](CCc2ccc(O)cc2)CCC[C@H]1CCc1ccc(O)cc1. The molecule has 6 heteroatoms. The highest BCUT2D eigenvalue weighted by atomic mass is 35.5. The number of β-amino-alcohol motifs (C(OH)–C–C–N with tert-alkyl or cyclic N) is 1. The zero-order chi connectivity index (χ0) is 20.6. The van der Waals surface area contributed by atoms with Crippen LogP contribution in [0.15, 0.2) is 48.5 Å². The van der Waals surface area contributed by atoms with E-state index in [-0.39, 0.29) is 30.5 Å². The fourth-order valence-corrected chi connectivity index (χ4v) is 4.43. The molecule has 0 aromatic heterocycles. The van der Waals surface area contributed by atoms with Crippen molar-refractivity contribution in [3.05, 3.63) is 59.7 Å². The minimum Gasteiger partial charge on any atom is -0.508 e. The predicted molar refractivity (Wildman–Crippen MR) is 121 cm³/mol. The van der Waals surface area contributed by atoms with E-state index in [4.69, 9.17) is 0 Å². The Balaban J connectivity index is 0.00000320. The van der Waals surface area contributed by atoms with Crippen molar-refractivity contribution in [2.75, 3.05) is 13.2 Å². The minimum atomic E-state index is -0.722. The fourth-order valence-electron chi connectivity index (χ4n) is 4.43. The first-order chi connectivity index (χ1) is 14.0. The highest BCUT2D eigenvalue weighted by molar-refractivity contribution is 5.85. The normalized spacial score (nSPS) is 20.5. The number of hydrogen-bond acceptors (Lipinski definition) is 5. The number of phenols is 2. The summed E-state index contributed by atoms with van der Waals surface area (Å²) in [6, 6.07) is 15.5. The molecular formula is C24H34ClNO4. The van der Waals surface area contributed by atoms with Crippen LogP contribution < -0.4 is 0 Å². The van der Waals surface area contributed by atoms with Crippen molar-refractivity contribution in [2.24, 2.45) is 0 Å². The van der Waals surface area contributed by atoms with Crippen LogP contribution in [0.25, 0.3) is 0 Å². The largest absolute Gasteiger partial charge is 0.508 e. The van der Waals surface area contributed by atoms with E-state index in [0.29, 0.717) is 18.6 Å². The number of aliphatic hydroxyl groups is 2. The lowest BCUT2D eigenvalue weighted by atomic mass is 9.88. The topological polar surface area (TPSA) is 84.2 Å². The van der Waals surface area contributed by atoms with Crippen LogP contribution in [-0.2, 0) is 12.8 Å². The van der Waals surface area contributed by atoms with Gasteiger partial charge >= 0.3 is 0 Å². The van der Waals surface area contributed by atoms with Gasteiger partial charge in [0.2, 0.25) is 0 Å². The number of piperidine rings is 1. The molecule has 1 aliphatic heterocycles. The average molecular weight is 436 g/mol. The number of aromatic hydroxyl groups is 2. The third kappa shape index (κ3) is 7.17. The maximum absolute atomic E-state index is 10.1. The molecule has 0 spiro atoms. The Morgan fingerprint density at radius 2 is 1.23 bits per heavy atom. The Morgan fingerprint density at radius 1 is 0.800 bits per heavy atom. The molecule has 1 fully saturated rings. The van der Waals surface area contributed by atoms with Crippen molar-refractivity contribution < 1.29 is 20.4 Å². The molecule has 4 N–H and O–H groups in total. The van der Waals surface area contributed by atoms with Crippen LogP contribution in [-0.4, -0.2) is 56.7 Å². The van der Waals surface area contributed by atoms with E-state index < -0.39 is 6.10 Å². The van der Waals surface area contributed by atoms with Crippen molar-refractivity contribution in [2.45, 2.75) is 63.1 Å². The first-order valence-corrected chi connectivity index (χ1v) is 10.7. The Labute approximate surface area is 185 Å². The molecule has 30 heavy (non-hydrogen) atoms. The molecule has 3 atom stereocenters. The van der Waals surface area contributed by atoms with Crippen LogP contribution in [0.4, 0.5) is 0 Å². The van der Waals surface area contributed by atoms with Crippen LogP contribution >= 0.6 is 12.4 Å². The van der Waals surface area contributed by atoms with Gasteiger partial charge < -0.3 is 20.4 Å². The van der Waals surface area contributed by atoms with Gasteiger partial charge in [-0.1, -0.05) is 30.7 Å². The first-order valence-electron chi connectivity index (χ1n) is 10.7. The van der Waals surface area contributed by atoms with E-state index in [1.165, 1.54) is 17.5 Å². The van der Waals surface area contributed by atoms with Crippen LogP contribution in [0.3, 0.4) is 0 Å². The molecule has 2 aromatic rings. The molecule has 166 valence electrons. The van der Waals surface area contributed by atoms with Crippen molar-refractivity contribution in [1.82, 2.24) is 4.90 Å². The Hall–Kier alpha value is -1.79. The lowest BCUT2D eigenvalue weighted by molar-refractivity contribution is 0.00214. The quantitative estimate of drug-likeness (QED) is 0.483. The summed E-state index contributed by atoms with van der Waals surface area (Å²) < 4.78 is 0. The second kappa shape index (κ2) is 12.2. The second-order valence-electron chi connectivity index (χ2n) is 8.18. The summed E-state index contributed by atoms with van der Waals surface area (Å²) >= 11 is 0. The van der Waals surface area contributed by atoms with Gasteiger partial charge in [-0.25, -0.2) is 0 Å². The number of likely N-dealkylation sites (tertiary alicyclic amines) is 1. The summed E-state index contributed by atoms with van der Waals surface area (Å²) in [6.45, 7) is 0.281. The zero-order valence-corrected chi connectivity index (χ0v) is 18.2. The molecule has 3 rings (SSSR count). The lowest BCUT2D eigenvalue weighted by Gasteiger charge is -2.43. The lowest BCUT2D eigenvalue weighted by Crippen LogP contribution is -2.50. The monoisotopic (exact) mass is 435 g/mol. The number of rotatable bonds is 9. The van der Waals surface area contributed by atoms with E-state index in [1.54, 1.807) is 24.3 Å². The number of aliphatic hydroxyl groups excluding tert-OH is 2. The molecule has 5 nitrogen and oxygen atoms in total. The van der Waals surface area contributed by atoms with E-state index in [0.717, 1.165) is 38.5 Å². The van der Waals surface area contributed by atoms with E-state index >= 15 is 0 Å². The fraction of sp³-hybridized carbons (Fsp3) is 0.500. The third-order valence-electron chi connectivity index (χ3n) is 6.05. The molecule has 2 aromatic carbocycles. The number of hydrogen-bond donors (Lipinski definition) is 4. The summed E-state index contributed by atoms with van der Waals surface area (Å²) in [4.78, 5) is 2.41. The molecule has 0 radical (unpaired) electrons. The maximum Gasteiger partial charge on any atom is 0.115 e. The second-order valence-corrected chi connectivity index (χ2v) is 8.18. The van der Waals surface area contributed by atoms with Crippen molar-refractivity contribution >= 4 is 12.4 Å². The zero-order valence-electron chi connectivity index (χ0n) is 17.4. The smallest absolute Gasteiger partial charge is 0.115 e. The van der Waals surface area contributed by atoms with Crippen LogP contribution in [0.2, 0.25) is 0 Å². The summed E-state index contributed by atoms with van der Waals surface area (Å²) in [5.41, 5.74) is 2.41. The summed E-state index contributed by atoms with van der Waals surface area (Å²) in [7, 11) is 0. The molecule has 1 aliphatic rings. The Kier molecular flexibility index (Phi) is 9.92. The number of aryl methyl sites for hydroxylation is 2. The maximum atomic E-state index is 10.1. The Morgan fingerprint density at radius 3 is 1.63 bits per heavy atom. The molecule has 1 heterocycles. The van der Waals surface area contributed by atoms with E-state index in [9.17, 15) is 20.4 Å². The molecule has 0 bridgehead atoms. The number of phenolic OH excluding ortho intramolecular Hbond substituents is 2. The highest BCUT2D eigenvalue weighted by Crippen LogP contribution is 2.29. The first kappa shape index (κ1) is 24.5. The standard InChI is InChI=1S/C24H33NO4.ClH/c26-17-24(29)16-25-20(10-4-18-6-12-22(27)13-7-18)2-1-3-21(25)11-5-19-8-14-23(28)15-9-19;/h6-9,12-15,20-21,24,26-29H,1-5,10-11,16-17H2;1H/t20-,21+,24-;/m1./s1. The summed E-state index contributed by atoms with van der Waals surface area (Å²) in [5.74, 6) is 0.571. The van der Waals surface area contributed by atoms with Gasteiger partial charge in [0.1, 0.15) is 11.5 Å². The van der Waals surface area contributed by atoms with E-state index in [2.05, 4.69) is 4.90 Å². The van der Waals surface area contributed by atoms with Gasteiger partial charge in [0.05, 0.1) is 12.7 Å². The summed E-state index contributed by atoms with van der Waals surface area (Å²) in [5, 5.41) is 38.5. The van der Waals surface area contributed by atoms with Gasteiger partial charge in [-0.05, 0) is 73.9 Å². The number of benzene rings is 2. The van der Waals surface area contributed by atoms with Crippen LogP contribution in [0.1, 0.15) is 43.2 Å². The van der Waals surface area contributed by atoms with Gasteiger partial charge in [-0.2, -0.15) is 0 Å². The van der Waals surface area contributed by atoms with Crippen molar-refractivity contribution in [1.29, 1.82) is 0 Å². The predicted octanol–water partition coefficient (Wildman–Crippen LogP) is 3.66. The van der Waals surface area contributed by atoms with Crippen LogP contribution in [0, 0.1) is 0 Å². The molecule has 1 saturated heterocycles. The van der Waals surface area contributed by atoms with Gasteiger partial charge in [0, 0.05) is 18.6 Å². The molecule has 0 aliphatic carbocycles. The average Bonchev–Trinajstić information content (AvgIpc) is 2.74. The molecule has 0 unspecified atom stereocenters. The minimum absolute atomic E-state index is 0. The van der Waals surface area contributed by atoms with Gasteiger partial charge in [0.15, 0.2) is 0 Å². The number of halogens is 1. The molecule has 0 saturated carbocycles. The van der Waals surface area contributed by atoms with Crippen molar-refractivity contribution in [3.63, 3.8) is 0 Å². The number of nitrogens with zero attached hydrogens (tertiary/aromatic N) is 1.